The lowest BCUT2D eigenvalue weighted by Gasteiger charge is -2.07. The van der Waals surface area contributed by atoms with Crippen LogP contribution in [0.15, 0.2) is 24.3 Å². The molecule has 2 N–H and O–H groups in total. The third kappa shape index (κ3) is 2.16. The summed E-state index contributed by atoms with van der Waals surface area (Å²) in [6.45, 7) is 2.16. The van der Waals surface area contributed by atoms with Crippen molar-refractivity contribution in [2.24, 2.45) is 0 Å². The lowest BCUT2D eigenvalue weighted by Crippen LogP contribution is -2.05. The highest BCUT2D eigenvalue weighted by Gasteiger charge is 2.29. The first-order valence-electron chi connectivity index (χ1n) is 7.11. The van der Waals surface area contributed by atoms with Gasteiger partial charge in [0.1, 0.15) is 17.3 Å². The molecule has 0 aliphatic heterocycles. The van der Waals surface area contributed by atoms with Crippen molar-refractivity contribution in [2.45, 2.75) is 38.6 Å². The lowest BCUT2D eigenvalue weighted by atomic mass is 10.1. The number of anilines is 1. The predicted molar refractivity (Wildman–Crippen MR) is 79.1 cm³/mol. The first-order valence-corrected chi connectivity index (χ1v) is 7.11. The summed E-state index contributed by atoms with van der Waals surface area (Å²) in [5, 5.41) is 8.86. The zero-order valence-corrected chi connectivity index (χ0v) is 11.6. The molecular weight excluding hydrogens is 248 g/mol. The van der Waals surface area contributed by atoms with E-state index in [1.165, 1.54) is 12.8 Å². The van der Waals surface area contributed by atoms with Gasteiger partial charge >= 0.3 is 0 Å². The van der Waals surface area contributed by atoms with Crippen LogP contribution in [0.5, 0.6) is 0 Å². The summed E-state index contributed by atoms with van der Waals surface area (Å²) in [7, 11) is 0. The van der Waals surface area contributed by atoms with Crippen molar-refractivity contribution in [3.63, 3.8) is 0 Å². The number of aromatic nitrogens is 2. The molecule has 1 aromatic carbocycles. The van der Waals surface area contributed by atoms with Crippen molar-refractivity contribution in [1.29, 1.82) is 5.26 Å². The molecule has 1 saturated carbocycles. The second kappa shape index (κ2) is 5.01. The average molecular weight is 266 g/mol. The van der Waals surface area contributed by atoms with Gasteiger partial charge < -0.3 is 10.3 Å². The van der Waals surface area contributed by atoms with Crippen LogP contribution >= 0.6 is 0 Å². The molecule has 0 spiro atoms. The Kier molecular flexibility index (Phi) is 3.19. The van der Waals surface area contributed by atoms with E-state index in [4.69, 9.17) is 16.0 Å². The van der Waals surface area contributed by atoms with Crippen molar-refractivity contribution in [2.75, 3.05) is 5.73 Å². The maximum atomic E-state index is 8.86. The summed E-state index contributed by atoms with van der Waals surface area (Å²) in [6.07, 6.45) is 4.42. The van der Waals surface area contributed by atoms with E-state index in [0.717, 1.165) is 35.7 Å². The molecule has 0 saturated heterocycles. The van der Waals surface area contributed by atoms with Crippen LogP contribution in [-0.4, -0.2) is 9.55 Å². The zero-order chi connectivity index (χ0) is 14.1. The molecule has 1 fully saturated rings. The minimum Gasteiger partial charge on any atom is -0.383 e. The van der Waals surface area contributed by atoms with Crippen LogP contribution in [0, 0.1) is 11.3 Å². The number of hydrogen-bond acceptors (Lipinski definition) is 3. The van der Waals surface area contributed by atoms with Crippen molar-refractivity contribution in [1.82, 2.24) is 9.55 Å². The first kappa shape index (κ1) is 12.7. The molecule has 0 amide bonds. The van der Waals surface area contributed by atoms with E-state index in [0.29, 0.717) is 11.6 Å². The van der Waals surface area contributed by atoms with E-state index in [2.05, 4.69) is 17.6 Å². The van der Waals surface area contributed by atoms with Crippen molar-refractivity contribution in [3.05, 3.63) is 35.7 Å². The molecule has 0 bridgehead atoms. The van der Waals surface area contributed by atoms with Gasteiger partial charge in [0.05, 0.1) is 11.6 Å². The van der Waals surface area contributed by atoms with Gasteiger partial charge in [-0.25, -0.2) is 4.98 Å². The summed E-state index contributed by atoms with van der Waals surface area (Å²) in [4.78, 5) is 4.74. The molecule has 20 heavy (non-hydrogen) atoms. The van der Waals surface area contributed by atoms with Gasteiger partial charge in [-0.1, -0.05) is 19.1 Å². The van der Waals surface area contributed by atoms with E-state index >= 15 is 0 Å². The highest BCUT2D eigenvalue weighted by molar-refractivity contribution is 5.71. The summed E-state index contributed by atoms with van der Waals surface area (Å²) < 4.78 is 2.21. The molecule has 0 unspecified atom stereocenters. The number of aryl methyl sites for hydroxylation is 1. The normalized spacial score (nSPS) is 14.2. The Hall–Kier alpha value is -2.28. The molecule has 0 atom stereocenters. The maximum Gasteiger partial charge on any atom is 0.131 e. The van der Waals surface area contributed by atoms with Crippen LogP contribution in [0.2, 0.25) is 0 Å². The molecule has 1 aliphatic rings. The molecule has 1 aromatic heterocycles. The van der Waals surface area contributed by atoms with E-state index in [-0.39, 0.29) is 0 Å². The molecular formula is C16H18N4. The topological polar surface area (TPSA) is 67.6 Å². The van der Waals surface area contributed by atoms with Crippen LogP contribution in [-0.2, 0) is 6.42 Å². The summed E-state index contributed by atoms with van der Waals surface area (Å²) in [6, 6.07) is 10.1. The maximum absolute atomic E-state index is 8.86. The third-order valence-electron chi connectivity index (χ3n) is 3.69. The molecule has 3 rings (SSSR count). The van der Waals surface area contributed by atoms with Crippen LogP contribution < -0.4 is 5.73 Å². The molecule has 4 heteroatoms. The summed E-state index contributed by atoms with van der Waals surface area (Å²) >= 11 is 0. The van der Waals surface area contributed by atoms with Gasteiger partial charge in [0, 0.05) is 18.0 Å². The minimum atomic E-state index is 0.538. The Bertz CT molecular complexity index is 657. The Morgan fingerprint density at radius 2 is 2.05 bits per heavy atom. The fraction of sp³-hybridized carbons (Fsp3) is 0.375. The van der Waals surface area contributed by atoms with E-state index in [9.17, 15) is 0 Å². The van der Waals surface area contributed by atoms with Gasteiger partial charge in [0.15, 0.2) is 0 Å². The van der Waals surface area contributed by atoms with Gasteiger partial charge in [-0.15, -0.1) is 0 Å². The molecule has 2 aromatic rings. The number of nitrogens with zero attached hydrogens (tertiary/aromatic N) is 3. The van der Waals surface area contributed by atoms with Crippen LogP contribution in [0.3, 0.4) is 0 Å². The number of hydrogen-bond donors (Lipinski definition) is 1. The first-order chi connectivity index (χ1) is 9.74. The molecule has 1 aliphatic carbocycles. The zero-order valence-electron chi connectivity index (χ0n) is 11.6. The van der Waals surface area contributed by atoms with Gasteiger partial charge in [0.25, 0.3) is 0 Å². The van der Waals surface area contributed by atoms with E-state index in [1.807, 2.05) is 24.3 Å². The highest BCUT2D eigenvalue weighted by Crippen LogP contribution is 2.41. The van der Waals surface area contributed by atoms with Crippen molar-refractivity contribution >= 4 is 5.82 Å². The molecule has 102 valence electrons. The smallest absolute Gasteiger partial charge is 0.131 e. The van der Waals surface area contributed by atoms with Crippen LogP contribution in [0.1, 0.15) is 43.6 Å². The number of imidazole rings is 1. The second-order valence-electron chi connectivity index (χ2n) is 5.30. The Labute approximate surface area is 118 Å². The lowest BCUT2D eigenvalue weighted by molar-refractivity contribution is 0.676. The summed E-state index contributed by atoms with van der Waals surface area (Å²) in [5.41, 5.74) is 8.80. The SMILES string of the molecule is CCCc1nc(-c2ccc(C#N)cc2)c(N)n1C1CC1. The number of nitrogen functional groups attached to an aromatic ring is 1. The van der Waals surface area contributed by atoms with E-state index < -0.39 is 0 Å². The van der Waals surface area contributed by atoms with Gasteiger partial charge in [-0.05, 0) is 31.4 Å². The van der Waals surface area contributed by atoms with Crippen molar-refractivity contribution < 1.29 is 0 Å². The Morgan fingerprint density at radius 3 is 2.60 bits per heavy atom. The van der Waals surface area contributed by atoms with Gasteiger partial charge in [-0.3, -0.25) is 0 Å². The number of nitrogens with two attached hydrogens (primary N) is 1. The quantitative estimate of drug-likeness (QED) is 0.923. The monoisotopic (exact) mass is 266 g/mol. The third-order valence-corrected chi connectivity index (χ3v) is 3.69. The average Bonchev–Trinajstić information content (AvgIpc) is 3.25. The second-order valence-corrected chi connectivity index (χ2v) is 5.30. The Morgan fingerprint density at radius 1 is 1.35 bits per heavy atom. The van der Waals surface area contributed by atoms with E-state index in [1.54, 1.807) is 0 Å². The van der Waals surface area contributed by atoms with Gasteiger partial charge in [0.2, 0.25) is 0 Å². The Balaban J connectivity index is 2.04. The molecule has 0 radical (unpaired) electrons. The van der Waals surface area contributed by atoms with Crippen molar-refractivity contribution in [3.8, 4) is 17.3 Å². The molecule has 4 nitrogen and oxygen atoms in total. The number of nitriles is 1. The number of rotatable bonds is 4. The largest absolute Gasteiger partial charge is 0.383 e. The summed E-state index contributed by atoms with van der Waals surface area (Å²) in [5.74, 6) is 1.85. The molecule has 1 heterocycles. The fourth-order valence-corrected chi connectivity index (χ4v) is 2.55. The van der Waals surface area contributed by atoms with Crippen LogP contribution in [0.25, 0.3) is 11.3 Å². The predicted octanol–water partition coefficient (Wildman–Crippen LogP) is 3.29. The van der Waals surface area contributed by atoms with Crippen LogP contribution in [0.4, 0.5) is 5.82 Å². The van der Waals surface area contributed by atoms with Gasteiger partial charge in [-0.2, -0.15) is 5.26 Å². The standard InChI is InChI=1S/C16H18N4/c1-2-3-14-19-15(16(18)20(14)13-8-9-13)12-6-4-11(10-17)5-7-12/h4-7,13H,2-3,8-9,18H2,1H3. The number of benzene rings is 1. The fourth-order valence-electron chi connectivity index (χ4n) is 2.55. The minimum absolute atomic E-state index is 0.538. The highest BCUT2D eigenvalue weighted by atomic mass is 15.2.